The lowest BCUT2D eigenvalue weighted by atomic mass is 9.96. The molecule has 4 rings (SSSR count). The largest absolute Gasteiger partial charge is 0.386 e. The molecule has 0 unspecified atom stereocenters. The normalized spacial score (nSPS) is 16.4. The number of rotatable bonds is 9. The van der Waals surface area contributed by atoms with Gasteiger partial charge in [-0.25, -0.2) is 9.37 Å². The maximum absolute atomic E-state index is 13.6. The fourth-order valence-corrected chi connectivity index (χ4v) is 4.28. The van der Waals surface area contributed by atoms with Gasteiger partial charge < -0.3 is 15.0 Å². The Labute approximate surface area is 202 Å². The summed E-state index contributed by atoms with van der Waals surface area (Å²) in [7, 11) is 0. The van der Waals surface area contributed by atoms with Gasteiger partial charge in [-0.15, -0.1) is 0 Å². The van der Waals surface area contributed by atoms with E-state index in [-0.39, 0.29) is 5.82 Å². The van der Waals surface area contributed by atoms with Crippen molar-refractivity contribution in [1.82, 2.24) is 15.3 Å². The summed E-state index contributed by atoms with van der Waals surface area (Å²) in [5.41, 5.74) is 7.77. The third-order valence-electron chi connectivity index (χ3n) is 6.00. The molecule has 4 nitrogen and oxygen atoms in total. The predicted molar refractivity (Wildman–Crippen MR) is 138 cm³/mol. The van der Waals surface area contributed by atoms with Crippen LogP contribution >= 0.6 is 0 Å². The quantitative estimate of drug-likeness (QED) is 0.398. The minimum Gasteiger partial charge on any atom is -0.386 e. The van der Waals surface area contributed by atoms with Crippen molar-refractivity contribution in [3.05, 3.63) is 89.3 Å². The number of nitrogens with zero attached hydrogens (tertiary/aromatic N) is 1. The first-order valence-electron chi connectivity index (χ1n) is 12.2. The second-order valence-corrected chi connectivity index (χ2v) is 8.99. The lowest BCUT2D eigenvalue weighted by molar-refractivity contribution is 0.177. The summed E-state index contributed by atoms with van der Waals surface area (Å²) in [6.45, 7) is 7.68. The molecule has 0 saturated heterocycles. The molecule has 0 bridgehead atoms. The van der Waals surface area contributed by atoms with Gasteiger partial charge in [0.2, 0.25) is 0 Å². The standard InChI is InChI=1S/C29H34FN3O/c1-4-34-19-5-6-21-7-9-24(10-8-21)29-32-27(22-11-15-25(30)16-12-22)28(33-29)23-13-17-26(18-14-23)31-20(2)3/h5-7,9,11-13,15-17,20,31H,4,8,10,14,18-19H2,1-3H3,(H,32,33)/b6-5+. The first kappa shape index (κ1) is 24.0. The van der Waals surface area contributed by atoms with Crippen LogP contribution in [0.2, 0.25) is 0 Å². The molecule has 1 aromatic heterocycles. The number of benzene rings is 1. The molecule has 2 aromatic rings. The van der Waals surface area contributed by atoms with E-state index in [0.717, 1.165) is 55.1 Å². The Balaban J connectivity index is 1.64. The molecule has 0 amide bonds. The number of aromatic nitrogens is 2. The highest BCUT2D eigenvalue weighted by atomic mass is 19.1. The number of H-pyrrole nitrogens is 1. The fraction of sp³-hybridized carbons (Fsp3) is 0.345. The minimum atomic E-state index is -0.237. The van der Waals surface area contributed by atoms with Crippen LogP contribution in [0.1, 0.15) is 58.0 Å². The van der Waals surface area contributed by atoms with Crippen LogP contribution in [-0.4, -0.2) is 29.2 Å². The minimum absolute atomic E-state index is 0.237. The van der Waals surface area contributed by atoms with Crippen molar-refractivity contribution in [2.45, 2.75) is 52.5 Å². The third-order valence-corrected chi connectivity index (χ3v) is 6.00. The SMILES string of the molecule is CCOC/C=C/C1=CC=C(c2nc(C3=CC=C(NC(C)C)CC3)c(-c3ccc(F)cc3)[nH]2)CC1. The summed E-state index contributed by atoms with van der Waals surface area (Å²) in [5, 5.41) is 3.51. The van der Waals surface area contributed by atoms with Crippen molar-refractivity contribution in [3.8, 4) is 11.3 Å². The van der Waals surface area contributed by atoms with Gasteiger partial charge >= 0.3 is 0 Å². The van der Waals surface area contributed by atoms with Crippen LogP contribution in [0.15, 0.2) is 72.0 Å². The van der Waals surface area contributed by atoms with Crippen LogP contribution < -0.4 is 5.32 Å². The highest BCUT2D eigenvalue weighted by Gasteiger charge is 2.20. The van der Waals surface area contributed by atoms with Gasteiger partial charge in [0.05, 0.1) is 18.0 Å². The first-order valence-corrected chi connectivity index (χ1v) is 12.2. The van der Waals surface area contributed by atoms with E-state index in [0.29, 0.717) is 12.6 Å². The maximum atomic E-state index is 13.6. The lowest BCUT2D eigenvalue weighted by Gasteiger charge is -2.18. The zero-order valence-corrected chi connectivity index (χ0v) is 20.3. The number of imidazole rings is 1. The van der Waals surface area contributed by atoms with E-state index in [9.17, 15) is 4.39 Å². The Morgan fingerprint density at radius 1 is 1.03 bits per heavy atom. The zero-order valence-electron chi connectivity index (χ0n) is 20.3. The number of hydrogen-bond acceptors (Lipinski definition) is 3. The van der Waals surface area contributed by atoms with E-state index in [1.54, 1.807) is 0 Å². The number of allylic oxidation sites excluding steroid dienone is 9. The molecule has 0 saturated carbocycles. The molecule has 5 heteroatoms. The topological polar surface area (TPSA) is 49.9 Å². The van der Waals surface area contributed by atoms with E-state index in [1.807, 2.05) is 19.1 Å². The highest BCUT2D eigenvalue weighted by molar-refractivity contribution is 5.81. The summed E-state index contributed by atoms with van der Waals surface area (Å²) in [4.78, 5) is 8.61. The average Bonchev–Trinajstić information content (AvgIpc) is 3.28. The molecule has 34 heavy (non-hydrogen) atoms. The van der Waals surface area contributed by atoms with Crippen molar-refractivity contribution in [2.24, 2.45) is 0 Å². The maximum Gasteiger partial charge on any atom is 0.134 e. The van der Waals surface area contributed by atoms with Gasteiger partial charge in [-0.1, -0.05) is 30.4 Å². The van der Waals surface area contributed by atoms with Crippen LogP contribution in [-0.2, 0) is 4.74 Å². The fourth-order valence-electron chi connectivity index (χ4n) is 4.28. The van der Waals surface area contributed by atoms with Gasteiger partial charge in [-0.3, -0.25) is 0 Å². The van der Waals surface area contributed by atoms with Gasteiger partial charge in [-0.05, 0) is 93.5 Å². The number of halogens is 1. The Morgan fingerprint density at radius 3 is 2.44 bits per heavy atom. The van der Waals surface area contributed by atoms with Crippen molar-refractivity contribution in [1.29, 1.82) is 0 Å². The summed E-state index contributed by atoms with van der Waals surface area (Å²) in [5.74, 6) is 0.651. The monoisotopic (exact) mass is 459 g/mol. The Kier molecular flexibility index (Phi) is 7.96. The molecule has 0 aliphatic heterocycles. The first-order chi connectivity index (χ1) is 16.5. The molecular weight excluding hydrogens is 425 g/mol. The molecule has 178 valence electrons. The Hall–Kier alpha value is -3.18. The number of ether oxygens (including phenoxy) is 1. The lowest BCUT2D eigenvalue weighted by Crippen LogP contribution is -2.22. The Bertz CT molecular complexity index is 1150. The van der Waals surface area contributed by atoms with E-state index in [4.69, 9.17) is 9.72 Å². The zero-order chi connectivity index (χ0) is 23.9. The Morgan fingerprint density at radius 2 is 1.79 bits per heavy atom. The molecule has 1 aromatic carbocycles. The summed E-state index contributed by atoms with van der Waals surface area (Å²) in [6.07, 6.45) is 16.6. The van der Waals surface area contributed by atoms with Crippen LogP contribution in [0.5, 0.6) is 0 Å². The molecule has 0 atom stereocenters. The van der Waals surface area contributed by atoms with Crippen molar-refractivity contribution < 1.29 is 9.13 Å². The molecule has 2 N–H and O–H groups in total. The number of nitrogens with one attached hydrogen (secondary N) is 2. The van der Waals surface area contributed by atoms with Gasteiger partial charge in [0, 0.05) is 23.9 Å². The second-order valence-electron chi connectivity index (χ2n) is 8.99. The van der Waals surface area contributed by atoms with Crippen molar-refractivity contribution >= 4 is 11.1 Å². The molecule has 0 fully saturated rings. The number of hydrogen-bond donors (Lipinski definition) is 2. The van der Waals surface area contributed by atoms with Crippen LogP contribution in [0.3, 0.4) is 0 Å². The second kappa shape index (κ2) is 11.3. The van der Waals surface area contributed by atoms with Gasteiger partial charge in [0.1, 0.15) is 11.6 Å². The van der Waals surface area contributed by atoms with Crippen LogP contribution in [0, 0.1) is 5.82 Å². The van der Waals surface area contributed by atoms with Gasteiger partial charge in [0.15, 0.2) is 0 Å². The molecule has 0 radical (unpaired) electrons. The highest BCUT2D eigenvalue weighted by Crippen LogP contribution is 2.35. The summed E-state index contributed by atoms with van der Waals surface area (Å²) in [6, 6.07) is 7.05. The third kappa shape index (κ3) is 6.03. The molecule has 2 aliphatic rings. The molecule has 1 heterocycles. The predicted octanol–water partition coefficient (Wildman–Crippen LogP) is 6.97. The van der Waals surface area contributed by atoms with Crippen LogP contribution in [0.4, 0.5) is 4.39 Å². The van der Waals surface area contributed by atoms with E-state index in [2.05, 4.69) is 60.6 Å². The summed E-state index contributed by atoms with van der Waals surface area (Å²) < 4.78 is 19.0. The molecule has 0 spiro atoms. The molecular formula is C29H34FN3O. The smallest absolute Gasteiger partial charge is 0.134 e. The van der Waals surface area contributed by atoms with E-state index < -0.39 is 0 Å². The average molecular weight is 460 g/mol. The molecule has 2 aliphatic carbocycles. The van der Waals surface area contributed by atoms with Gasteiger partial charge in [-0.2, -0.15) is 0 Å². The summed E-state index contributed by atoms with van der Waals surface area (Å²) >= 11 is 0. The van der Waals surface area contributed by atoms with E-state index >= 15 is 0 Å². The van der Waals surface area contributed by atoms with Crippen molar-refractivity contribution in [3.63, 3.8) is 0 Å². The van der Waals surface area contributed by atoms with E-state index in [1.165, 1.54) is 34.5 Å². The van der Waals surface area contributed by atoms with Crippen LogP contribution in [0.25, 0.3) is 22.4 Å². The number of aromatic amines is 1. The van der Waals surface area contributed by atoms with Gasteiger partial charge in [0.25, 0.3) is 0 Å². The van der Waals surface area contributed by atoms with Crippen molar-refractivity contribution in [2.75, 3.05) is 13.2 Å².